The van der Waals surface area contributed by atoms with Gasteiger partial charge in [-0.2, -0.15) is 0 Å². The van der Waals surface area contributed by atoms with E-state index in [0.717, 1.165) is 0 Å². The van der Waals surface area contributed by atoms with Crippen molar-refractivity contribution in [2.24, 2.45) is 0 Å². The van der Waals surface area contributed by atoms with Gasteiger partial charge in [0.1, 0.15) is 0 Å². The third-order valence-electron chi connectivity index (χ3n) is 9.39. The SMILES string of the molecule is CCCCCc1ccc(/C=C/C=C/c2cc3c4ccccc4c(/C=C/C=C/c4ccc(CCCCC)cc4)cc3c3ccccc23)cc1. The van der Waals surface area contributed by atoms with E-state index < -0.39 is 0 Å². The number of benzene rings is 6. The Morgan fingerprint density at radius 3 is 1.15 bits per heavy atom. The van der Waals surface area contributed by atoms with Crippen molar-refractivity contribution in [1.29, 1.82) is 0 Å². The highest BCUT2D eigenvalue weighted by Gasteiger charge is 2.10. The first-order valence-electron chi connectivity index (χ1n) is 18.0. The first-order valence-corrected chi connectivity index (χ1v) is 18.0. The fraction of sp³-hybridized carbons (Fsp3) is 0.208. The lowest BCUT2D eigenvalue weighted by Gasteiger charge is -2.13. The van der Waals surface area contributed by atoms with Crippen molar-refractivity contribution in [1.82, 2.24) is 0 Å². The van der Waals surface area contributed by atoms with Crippen molar-refractivity contribution in [2.75, 3.05) is 0 Å². The van der Waals surface area contributed by atoms with Crippen molar-refractivity contribution < 1.29 is 0 Å². The summed E-state index contributed by atoms with van der Waals surface area (Å²) in [6.45, 7) is 4.52. The second-order valence-corrected chi connectivity index (χ2v) is 13.0. The summed E-state index contributed by atoms with van der Waals surface area (Å²) in [7, 11) is 0. The van der Waals surface area contributed by atoms with Gasteiger partial charge in [-0.1, -0.05) is 185 Å². The molecule has 0 aliphatic carbocycles. The van der Waals surface area contributed by atoms with Gasteiger partial charge in [0, 0.05) is 0 Å². The summed E-state index contributed by atoms with van der Waals surface area (Å²) in [5, 5.41) is 7.69. The molecule has 6 rings (SSSR count). The van der Waals surface area contributed by atoms with E-state index in [9.17, 15) is 0 Å². The monoisotopic (exact) mass is 624 g/mol. The van der Waals surface area contributed by atoms with Gasteiger partial charge in [-0.15, -0.1) is 0 Å². The topological polar surface area (TPSA) is 0 Å². The maximum atomic E-state index is 2.37. The molecule has 0 fully saturated rings. The average Bonchev–Trinajstić information content (AvgIpc) is 3.13. The molecule has 0 heteroatoms. The third kappa shape index (κ3) is 8.31. The summed E-state index contributed by atoms with van der Waals surface area (Å²) in [6.07, 6.45) is 27.6. The first kappa shape index (κ1) is 33.0. The molecule has 0 saturated heterocycles. The molecular weight excluding hydrogens is 577 g/mol. The number of allylic oxidation sites excluding steroid dienone is 4. The van der Waals surface area contributed by atoms with Crippen LogP contribution in [0.2, 0.25) is 0 Å². The molecule has 6 aromatic rings. The van der Waals surface area contributed by atoms with Gasteiger partial charge in [0.05, 0.1) is 0 Å². The molecule has 0 aliphatic rings. The van der Waals surface area contributed by atoms with Crippen molar-refractivity contribution in [3.63, 3.8) is 0 Å². The van der Waals surface area contributed by atoms with Crippen molar-refractivity contribution in [3.05, 3.63) is 167 Å². The van der Waals surface area contributed by atoms with E-state index >= 15 is 0 Å². The Labute approximate surface area is 287 Å². The zero-order chi connectivity index (χ0) is 33.0. The van der Waals surface area contributed by atoms with Crippen molar-refractivity contribution >= 4 is 56.6 Å². The van der Waals surface area contributed by atoms with Gasteiger partial charge in [0.15, 0.2) is 0 Å². The fourth-order valence-electron chi connectivity index (χ4n) is 6.68. The Kier molecular flexibility index (Phi) is 11.5. The molecule has 6 aromatic carbocycles. The zero-order valence-corrected chi connectivity index (χ0v) is 28.7. The number of unbranched alkanes of at least 4 members (excludes halogenated alkanes) is 4. The smallest absolute Gasteiger partial charge is 0.00926 e. The molecule has 0 heterocycles. The van der Waals surface area contributed by atoms with E-state index in [1.54, 1.807) is 0 Å². The average molecular weight is 625 g/mol. The summed E-state index contributed by atoms with van der Waals surface area (Å²) in [5.74, 6) is 0. The van der Waals surface area contributed by atoms with Gasteiger partial charge >= 0.3 is 0 Å². The number of aryl methyl sites for hydroxylation is 2. The van der Waals surface area contributed by atoms with Crippen LogP contribution in [0.1, 0.15) is 85.8 Å². The van der Waals surface area contributed by atoms with Crippen LogP contribution < -0.4 is 0 Å². The molecule has 0 unspecified atom stereocenters. The molecular formula is C48H48. The molecule has 48 heavy (non-hydrogen) atoms. The molecule has 0 nitrogen and oxygen atoms in total. The van der Waals surface area contributed by atoms with Crippen LogP contribution in [0.5, 0.6) is 0 Å². The summed E-state index contributed by atoms with van der Waals surface area (Å²) < 4.78 is 0. The van der Waals surface area contributed by atoms with Gasteiger partial charge in [0.2, 0.25) is 0 Å². The lowest BCUT2D eigenvalue weighted by Crippen LogP contribution is -1.87. The zero-order valence-electron chi connectivity index (χ0n) is 28.7. The van der Waals surface area contributed by atoms with E-state index in [0.29, 0.717) is 0 Å². The fourth-order valence-corrected chi connectivity index (χ4v) is 6.68. The Morgan fingerprint density at radius 2 is 0.750 bits per heavy atom. The number of rotatable bonds is 14. The Balaban J connectivity index is 1.25. The van der Waals surface area contributed by atoms with Crippen LogP contribution in [0.4, 0.5) is 0 Å². The molecule has 0 atom stereocenters. The van der Waals surface area contributed by atoms with Crippen LogP contribution in [0.3, 0.4) is 0 Å². The number of hydrogen-bond donors (Lipinski definition) is 0. The molecule has 0 amide bonds. The van der Waals surface area contributed by atoms with Crippen LogP contribution in [-0.2, 0) is 12.8 Å². The first-order chi connectivity index (χ1) is 23.7. The van der Waals surface area contributed by atoms with Crippen molar-refractivity contribution in [2.45, 2.75) is 65.2 Å². The van der Waals surface area contributed by atoms with E-state index in [2.05, 4.69) is 172 Å². The maximum absolute atomic E-state index is 2.37. The van der Waals surface area contributed by atoms with E-state index in [-0.39, 0.29) is 0 Å². The molecule has 0 bridgehead atoms. The van der Waals surface area contributed by atoms with Gasteiger partial charge in [0.25, 0.3) is 0 Å². The van der Waals surface area contributed by atoms with Gasteiger partial charge in [-0.05, 0) is 104 Å². The molecule has 0 aliphatic heterocycles. The number of hydrogen-bond acceptors (Lipinski definition) is 0. The van der Waals surface area contributed by atoms with Crippen LogP contribution in [0, 0.1) is 0 Å². The third-order valence-corrected chi connectivity index (χ3v) is 9.39. The quantitative estimate of drug-likeness (QED) is 0.0642. The van der Waals surface area contributed by atoms with E-state index in [1.165, 1.54) is 117 Å². The minimum Gasteiger partial charge on any atom is -0.0654 e. The molecule has 0 saturated carbocycles. The minimum absolute atomic E-state index is 1.17. The van der Waals surface area contributed by atoms with E-state index in [1.807, 2.05) is 0 Å². The lowest BCUT2D eigenvalue weighted by atomic mass is 9.91. The van der Waals surface area contributed by atoms with Crippen LogP contribution in [-0.4, -0.2) is 0 Å². The Morgan fingerprint density at radius 1 is 0.375 bits per heavy atom. The van der Waals surface area contributed by atoms with Gasteiger partial charge in [-0.3, -0.25) is 0 Å². The highest BCUT2D eigenvalue weighted by atomic mass is 14.1. The largest absolute Gasteiger partial charge is 0.0654 e. The highest BCUT2D eigenvalue weighted by molar-refractivity contribution is 6.20. The standard InChI is InChI=1S/C48H48/c1-3-5-7-17-37-27-31-39(32-28-37)19-9-11-21-41-35-47-46-26-16-14-24-44(46)42(36-48(47)45-25-15-13-23-43(41)45)22-12-10-20-40-33-29-38(30-34-40)18-8-6-4-2/h9-16,19-36H,3-8,17-18H2,1-2H3/b19-9+,20-10+,21-11+,22-12+. The number of fused-ring (bicyclic) bond motifs is 5. The van der Waals surface area contributed by atoms with Crippen LogP contribution >= 0.6 is 0 Å². The minimum atomic E-state index is 1.17. The summed E-state index contributed by atoms with van der Waals surface area (Å²) in [6, 6.07) is 40.4. The predicted octanol–water partition coefficient (Wildman–Crippen LogP) is 14.1. The van der Waals surface area contributed by atoms with Crippen molar-refractivity contribution in [3.8, 4) is 0 Å². The molecule has 0 spiro atoms. The molecule has 240 valence electrons. The van der Waals surface area contributed by atoms with Crippen LogP contribution in [0.25, 0.3) is 56.6 Å². The molecule has 0 radical (unpaired) electrons. The Hall–Kier alpha value is -4.94. The second-order valence-electron chi connectivity index (χ2n) is 13.0. The Bertz CT molecular complexity index is 1910. The maximum Gasteiger partial charge on any atom is -0.00926 e. The highest BCUT2D eigenvalue weighted by Crippen LogP contribution is 2.36. The summed E-state index contributed by atoms with van der Waals surface area (Å²) in [4.78, 5) is 0. The molecule has 0 N–H and O–H groups in total. The van der Waals surface area contributed by atoms with Gasteiger partial charge < -0.3 is 0 Å². The summed E-state index contributed by atoms with van der Waals surface area (Å²) >= 11 is 0. The molecule has 0 aromatic heterocycles. The lowest BCUT2D eigenvalue weighted by molar-refractivity contribution is 0.717. The predicted molar refractivity (Wildman–Crippen MR) is 214 cm³/mol. The normalized spacial score (nSPS) is 12.3. The summed E-state index contributed by atoms with van der Waals surface area (Å²) in [5.41, 5.74) is 7.81. The van der Waals surface area contributed by atoms with E-state index in [4.69, 9.17) is 0 Å². The van der Waals surface area contributed by atoms with Crippen LogP contribution in [0.15, 0.2) is 133 Å². The van der Waals surface area contributed by atoms with Gasteiger partial charge in [-0.25, -0.2) is 0 Å². The second kappa shape index (κ2) is 16.8.